The van der Waals surface area contributed by atoms with Gasteiger partial charge in [0, 0.05) is 13.5 Å². The fourth-order valence-corrected chi connectivity index (χ4v) is 3.74. The van der Waals surface area contributed by atoms with E-state index in [1.54, 1.807) is 14.2 Å². The molecule has 6 heteroatoms. The first kappa shape index (κ1) is 22.4. The first-order chi connectivity index (χ1) is 12.8. The fourth-order valence-electron chi connectivity index (χ4n) is 2.77. The number of ether oxygens (including phenoxy) is 4. The van der Waals surface area contributed by atoms with Crippen LogP contribution >= 0.6 is 22.6 Å². The van der Waals surface area contributed by atoms with Crippen LogP contribution in [-0.2, 0) is 20.8 Å². The largest absolute Gasteiger partial charge is 0.497 e. The van der Waals surface area contributed by atoms with Crippen LogP contribution in [0, 0.1) is 11.5 Å². The second-order valence-corrected chi connectivity index (χ2v) is 13.1. The molecule has 1 aliphatic heterocycles. The summed E-state index contributed by atoms with van der Waals surface area (Å²) in [4.78, 5) is 0. The topological polar surface area (TPSA) is 36.9 Å². The molecule has 1 aliphatic rings. The van der Waals surface area contributed by atoms with E-state index in [9.17, 15) is 0 Å². The SMILES string of the molecule is COc1ccc(CO[C@H]2CC[C@@](C#C[Si](C)(C)C)(OC)O[C@@H]2/C=C/I)cc1. The van der Waals surface area contributed by atoms with Gasteiger partial charge in [0.2, 0.25) is 5.79 Å². The van der Waals surface area contributed by atoms with E-state index in [2.05, 4.69) is 53.7 Å². The molecule has 0 unspecified atom stereocenters. The van der Waals surface area contributed by atoms with E-state index in [0.717, 1.165) is 17.7 Å². The smallest absolute Gasteiger partial charge is 0.233 e. The predicted octanol–water partition coefficient (Wildman–Crippen LogP) is 4.93. The Labute approximate surface area is 177 Å². The van der Waals surface area contributed by atoms with Gasteiger partial charge < -0.3 is 18.9 Å². The molecule has 0 bridgehead atoms. The van der Waals surface area contributed by atoms with E-state index in [4.69, 9.17) is 18.9 Å². The van der Waals surface area contributed by atoms with Gasteiger partial charge in [-0.2, -0.15) is 0 Å². The molecule has 0 amide bonds. The van der Waals surface area contributed by atoms with Gasteiger partial charge in [-0.3, -0.25) is 0 Å². The summed E-state index contributed by atoms with van der Waals surface area (Å²) in [5.74, 6) is 3.28. The monoisotopic (exact) mass is 500 g/mol. The Kier molecular flexibility index (Phi) is 8.37. The lowest BCUT2D eigenvalue weighted by atomic mass is 9.98. The summed E-state index contributed by atoms with van der Waals surface area (Å²) in [6.45, 7) is 7.18. The van der Waals surface area contributed by atoms with Crippen molar-refractivity contribution in [1.82, 2.24) is 0 Å². The van der Waals surface area contributed by atoms with Crippen LogP contribution in [0.5, 0.6) is 5.75 Å². The normalized spacial score (nSPS) is 25.9. The molecule has 2 rings (SSSR count). The third kappa shape index (κ3) is 6.91. The Hall–Kier alpha value is -0.853. The van der Waals surface area contributed by atoms with Crippen molar-refractivity contribution in [3.8, 4) is 17.2 Å². The standard InChI is InChI=1S/C21H29IO4Si/c1-23-18-8-6-17(7-9-18)16-25-19-10-12-21(24-2,13-15-27(3,4)5)26-20(19)11-14-22/h6-9,11,14,19-20H,10,12,16H2,1-5H3/b14-11+/t19-,20+,21+/m0/s1. The van der Waals surface area contributed by atoms with Gasteiger partial charge in [-0.05, 0) is 40.2 Å². The van der Waals surface area contributed by atoms with Crippen molar-refractivity contribution in [2.45, 2.75) is 57.1 Å². The van der Waals surface area contributed by atoms with E-state index in [1.165, 1.54) is 0 Å². The third-order valence-electron chi connectivity index (χ3n) is 4.29. The Morgan fingerprint density at radius 1 is 1.26 bits per heavy atom. The maximum atomic E-state index is 6.29. The van der Waals surface area contributed by atoms with E-state index in [0.29, 0.717) is 13.0 Å². The zero-order valence-corrected chi connectivity index (χ0v) is 19.9. The van der Waals surface area contributed by atoms with Crippen LogP contribution in [0.1, 0.15) is 18.4 Å². The highest BCUT2D eigenvalue weighted by molar-refractivity contribution is 14.1. The molecule has 1 fully saturated rings. The summed E-state index contributed by atoms with van der Waals surface area (Å²) in [6, 6.07) is 7.93. The molecule has 0 N–H and O–H groups in total. The van der Waals surface area contributed by atoms with Crippen molar-refractivity contribution in [1.29, 1.82) is 0 Å². The first-order valence-electron chi connectivity index (χ1n) is 9.09. The van der Waals surface area contributed by atoms with Crippen LogP contribution in [-0.4, -0.2) is 40.3 Å². The summed E-state index contributed by atoms with van der Waals surface area (Å²) in [6.07, 6.45) is 3.32. The molecule has 0 aliphatic carbocycles. The quantitative estimate of drug-likeness (QED) is 0.315. The summed E-state index contributed by atoms with van der Waals surface area (Å²) >= 11 is 2.21. The average Bonchev–Trinajstić information content (AvgIpc) is 2.66. The molecular weight excluding hydrogens is 471 g/mol. The van der Waals surface area contributed by atoms with Crippen molar-refractivity contribution in [3.05, 3.63) is 40.0 Å². The number of rotatable bonds is 6. The van der Waals surface area contributed by atoms with Gasteiger partial charge in [-0.25, -0.2) is 0 Å². The molecule has 0 radical (unpaired) electrons. The number of methoxy groups -OCH3 is 2. The molecule has 1 aromatic carbocycles. The minimum absolute atomic E-state index is 0.0323. The third-order valence-corrected chi connectivity index (χ3v) is 5.58. The molecule has 1 saturated heterocycles. The van der Waals surface area contributed by atoms with Crippen LogP contribution in [0.4, 0.5) is 0 Å². The molecule has 0 spiro atoms. The van der Waals surface area contributed by atoms with Gasteiger partial charge in [0.15, 0.2) is 0 Å². The second-order valence-electron chi connectivity index (χ2n) is 7.59. The molecular formula is C21H29IO4Si. The second kappa shape index (κ2) is 10.1. The molecule has 0 saturated carbocycles. The maximum absolute atomic E-state index is 6.29. The molecule has 148 valence electrons. The van der Waals surface area contributed by atoms with Crippen LogP contribution in [0.2, 0.25) is 19.6 Å². The molecule has 0 aromatic heterocycles. The summed E-state index contributed by atoms with van der Waals surface area (Å²) < 4.78 is 25.3. The lowest BCUT2D eigenvalue weighted by molar-refractivity contribution is -0.251. The number of benzene rings is 1. The maximum Gasteiger partial charge on any atom is 0.233 e. The van der Waals surface area contributed by atoms with Crippen LogP contribution in [0.3, 0.4) is 0 Å². The summed E-state index contributed by atoms with van der Waals surface area (Å²) in [5, 5.41) is 0. The van der Waals surface area contributed by atoms with E-state index in [1.807, 2.05) is 34.4 Å². The molecule has 3 atom stereocenters. The van der Waals surface area contributed by atoms with E-state index < -0.39 is 13.9 Å². The summed E-state index contributed by atoms with van der Waals surface area (Å²) in [7, 11) is 1.82. The highest BCUT2D eigenvalue weighted by atomic mass is 127. The minimum atomic E-state index is -1.51. The van der Waals surface area contributed by atoms with Gasteiger partial charge in [-0.15, -0.1) is 5.54 Å². The van der Waals surface area contributed by atoms with Gasteiger partial charge in [0.1, 0.15) is 19.9 Å². The lowest BCUT2D eigenvalue weighted by Gasteiger charge is -2.40. The molecule has 27 heavy (non-hydrogen) atoms. The van der Waals surface area contributed by atoms with Crippen LogP contribution in [0.25, 0.3) is 0 Å². The summed E-state index contributed by atoms with van der Waals surface area (Å²) in [5.41, 5.74) is 4.50. The number of hydrogen-bond acceptors (Lipinski definition) is 4. The highest BCUT2D eigenvalue weighted by Crippen LogP contribution is 2.32. The number of hydrogen-bond donors (Lipinski definition) is 0. The highest BCUT2D eigenvalue weighted by Gasteiger charge is 2.41. The molecule has 4 nitrogen and oxygen atoms in total. The Morgan fingerprint density at radius 3 is 2.52 bits per heavy atom. The molecule has 1 aromatic rings. The Bertz CT molecular complexity index is 687. The Balaban J connectivity index is 2.07. The van der Waals surface area contributed by atoms with Crippen molar-refractivity contribution in [3.63, 3.8) is 0 Å². The van der Waals surface area contributed by atoms with Gasteiger partial charge in [0.25, 0.3) is 0 Å². The minimum Gasteiger partial charge on any atom is -0.497 e. The zero-order chi connectivity index (χ0) is 19.9. The van der Waals surface area contributed by atoms with Crippen LogP contribution < -0.4 is 4.74 Å². The van der Waals surface area contributed by atoms with Gasteiger partial charge in [-0.1, -0.05) is 54.4 Å². The fraction of sp³-hybridized carbons (Fsp3) is 0.524. The van der Waals surface area contributed by atoms with Crippen molar-refractivity contribution < 1.29 is 18.9 Å². The predicted molar refractivity (Wildman–Crippen MR) is 120 cm³/mol. The van der Waals surface area contributed by atoms with Crippen molar-refractivity contribution >= 4 is 30.7 Å². The van der Waals surface area contributed by atoms with Gasteiger partial charge >= 0.3 is 0 Å². The van der Waals surface area contributed by atoms with Gasteiger partial charge in [0.05, 0.1) is 19.8 Å². The van der Waals surface area contributed by atoms with Crippen molar-refractivity contribution in [2.24, 2.45) is 0 Å². The average molecular weight is 500 g/mol. The van der Waals surface area contributed by atoms with E-state index >= 15 is 0 Å². The first-order valence-corrected chi connectivity index (χ1v) is 13.8. The van der Waals surface area contributed by atoms with E-state index in [-0.39, 0.29) is 12.2 Å². The molecule has 1 heterocycles. The zero-order valence-electron chi connectivity index (χ0n) is 16.8. The number of halogens is 1. The van der Waals surface area contributed by atoms with Crippen molar-refractivity contribution in [2.75, 3.05) is 14.2 Å². The van der Waals surface area contributed by atoms with Crippen LogP contribution in [0.15, 0.2) is 34.4 Å². The Morgan fingerprint density at radius 2 is 1.96 bits per heavy atom. The lowest BCUT2D eigenvalue weighted by Crippen LogP contribution is -2.48.